The molecule has 0 aromatic heterocycles. The molecule has 11 heteroatoms. The second-order valence-electron chi connectivity index (χ2n) is 7.52. The molecule has 0 bridgehead atoms. The standard InChI is InChI=1S/C20H21Cl3N2O6/c1-9-10(2)15(25-16(27)12-6-4-5-7-13(12)17(25)28)18(31-19(24)20(21,22)23)30-14(9)8-29-11(3)26/h4-7,9-10,14-15,18,24H,8H2,1-3H3/t9-,10?,14?,15-,18?/m0/s1. The van der Waals surface area contributed by atoms with Gasteiger partial charge in [-0.05, 0) is 24.0 Å². The highest BCUT2D eigenvalue weighted by Gasteiger charge is 2.52. The van der Waals surface area contributed by atoms with Crippen LogP contribution in [0.15, 0.2) is 24.3 Å². The molecule has 8 nitrogen and oxygen atoms in total. The minimum atomic E-state index is -2.17. The van der Waals surface area contributed by atoms with Gasteiger partial charge in [0.1, 0.15) is 12.6 Å². The number of imide groups is 1. The zero-order valence-corrected chi connectivity index (χ0v) is 19.2. The Hall–Kier alpha value is -1.87. The number of rotatable bonds is 4. The summed E-state index contributed by atoms with van der Waals surface area (Å²) in [5, 5.41) is 7.95. The van der Waals surface area contributed by atoms with Gasteiger partial charge in [-0.3, -0.25) is 24.7 Å². The molecule has 5 atom stereocenters. The van der Waals surface area contributed by atoms with Gasteiger partial charge in [0.05, 0.1) is 17.2 Å². The average molecular weight is 492 g/mol. The van der Waals surface area contributed by atoms with Crippen molar-refractivity contribution in [2.75, 3.05) is 6.61 Å². The van der Waals surface area contributed by atoms with Crippen molar-refractivity contribution in [3.63, 3.8) is 0 Å². The Morgan fingerprint density at radius 2 is 1.68 bits per heavy atom. The lowest BCUT2D eigenvalue weighted by molar-refractivity contribution is -0.227. The van der Waals surface area contributed by atoms with E-state index in [0.717, 1.165) is 4.90 Å². The minimum absolute atomic E-state index is 0.0728. The van der Waals surface area contributed by atoms with Gasteiger partial charge in [-0.2, -0.15) is 0 Å². The number of carbonyl (C=O) groups is 3. The Balaban J connectivity index is 1.96. The van der Waals surface area contributed by atoms with Gasteiger partial charge in [-0.15, -0.1) is 0 Å². The maximum absolute atomic E-state index is 13.1. The number of nitrogens with zero attached hydrogens (tertiary/aromatic N) is 1. The van der Waals surface area contributed by atoms with Gasteiger partial charge >= 0.3 is 5.97 Å². The van der Waals surface area contributed by atoms with Crippen LogP contribution in [0.2, 0.25) is 0 Å². The van der Waals surface area contributed by atoms with Crippen molar-refractivity contribution in [2.45, 2.75) is 43.0 Å². The third-order valence-electron chi connectivity index (χ3n) is 5.61. The molecule has 0 spiro atoms. The van der Waals surface area contributed by atoms with Crippen LogP contribution < -0.4 is 0 Å². The summed E-state index contributed by atoms with van der Waals surface area (Å²) in [6.45, 7) is 4.86. The molecule has 0 radical (unpaired) electrons. The predicted octanol–water partition coefficient (Wildman–Crippen LogP) is 3.58. The molecule has 1 saturated heterocycles. The van der Waals surface area contributed by atoms with E-state index in [1.165, 1.54) is 6.92 Å². The molecule has 168 valence electrons. The fourth-order valence-corrected chi connectivity index (χ4v) is 3.91. The van der Waals surface area contributed by atoms with Crippen molar-refractivity contribution >= 4 is 58.5 Å². The van der Waals surface area contributed by atoms with E-state index >= 15 is 0 Å². The first-order valence-corrected chi connectivity index (χ1v) is 10.6. The predicted molar refractivity (Wildman–Crippen MR) is 113 cm³/mol. The lowest BCUT2D eigenvalue weighted by atomic mass is 9.81. The molecule has 2 amide bonds. The number of carbonyl (C=O) groups excluding carboxylic acids is 3. The Labute approximate surface area is 194 Å². The molecule has 0 aliphatic carbocycles. The second-order valence-corrected chi connectivity index (χ2v) is 9.81. The maximum atomic E-state index is 13.1. The first-order chi connectivity index (χ1) is 14.4. The zero-order chi connectivity index (χ0) is 23.1. The van der Waals surface area contributed by atoms with Crippen molar-refractivity contribution in [3.05, 3.63) is 35.4 Å². The minimum Gasteiger partial charge on any atom is -0.463 e. The molecule has 1 aromatic rings. The van der Waals surface area contributed by atoms with Gasteiger partial charge in [0.2, 0.25) is 12.2 Å². The van der Waals surface area contributed by atoms with Gasteiger partial charge in [0.15, 0.2) is 0 Å². The van der Waals surface area contributed by atoms with Crippen LogP contribution in [0.25, 0.3) is 0 Å². The summed E-state index contributed by atoms with van der Waals surface area (Å²) in [5.74, 6) is -2.81. The number of benzene rings is 1. The van der Waals surface area contributed by atoms with E-state index in [9.17, 15) is 14.4 Å². The van der Waals surface area contributed by atoms with Crippen LogP contribution in [0.4, 0.5) is 0 Å². The lowest BCUT2D eigenvalue weighted by Gasteiger charge is -2.46. The average Bonchev–Trinajstić information content (AvgIpc) is 2.94. The number of ether oxygens (including phenoxy) is 3. The summed E-state index contributed by atoms with van der Waals surface area (Å²) < 4.78 is 14.4. The maximum Gasteiger partial charge on any atom is 0.302 e. The van der Waals surface area contributed by atoms with Crippen LogP contribution in [0.5, 0.6) is 0 Å². The zero-order valence-electron chi connectivity index (χ0n) is 16.9. The van der Waals surface area contributed by atoms with Gasteiger partial charge in [0.25, 0.3) is 15.6 Å². The van der Waals surface area contributed by atoms with Gasteiger partial charge in [-0.1, -0.05) is 60.8 Å². The summed E-state index contributed by atoms with van der Waals surface area (Å²) in [7, 11) is 0. The fourth-order valence-electron chi connectivity index (χ4n) is 3.78. The van der Waals surface area contributed by atoms with Crippen molar-refractivity contribution in [2.24, 2.45) is 11.8 Å². The smallest absolute Gasteiger partial charge is 0.302 e. The van der Waals surface area contributed by atoms with Gasteiger partial charge in [0, 0.05) is 6.92 Å². The molecule has 31 heavy (non-hydrogen) atoms. The van der Waals surface area contributed by atoms with Crippen LogP contribution in [0.3, 0.4) is 0 Å². The number of fused-ring (bicyclic) bond motifs is 1. The van der Waals surface area contributed by atoms with E-state index < -0.39 is 45.9 Å². The second kappa shape index (κ2) is 8.94. The largest absolute Gasteiger partial charge is 0.463 e. The Kier molecular flexibility index (Phi) is 6.86. The first-order valence-electron chi connectivity index (χ1n) is 9.51. The van der Waals surface area contributed by atoms with Crippen molar-refractivity contribution in [3.8, 4) is 0 Å². The monoisotopic (exact) mass is 490 g/mol. The molecular formula is C20H21Cl3N2O6. The highest BCUT2D eigenvalue weighted by molar-refractivity contribution is 6.76. The fraction of sp³-hybridized carbons (Fsp3) is 0.500. The number of alkyl halides is 3. The van der Waals surface area contributed by atoms with Crippen LogP contribution >= 0.6 is 34.8 Å². The topological polar surface area (TPSA) is 106 Å². The Morgan fingerprint density at radius 3 is 2.16 bits per heavy atom. The number of esters is 1. The molecule has 0 saturated carbocycles. The van der Waals surface area contributed by atoms with Crippen molar-refractivity contribution < 1.29 is 28.6 Å². The van der Waals surface area contributed by atoms with Gasteiger partial charge < -0.3 is 14.2 Å². The quantitative estimate of drug-likeness (QED) is 0.227. The number of amides is 2. The van der Waals surface area contributed by atoms with E-state index in [-0.39, 0.29) is 29.6 Å². The molecule has 2 aliphatic rings. The normalized spacial score (nSPS) is 28.3. The number of halogens is 3. The molecular weight excluding hydrogens is 471 g/mol. The summed E-state index contributed by atoms with van der Waals surface area (Å²) in [6, 6.07) is 5.55. The van der Waals surface area contributed by atoms with E-state index in [1.807, 2.05) is 13.8 Å². The molecule has 1 aromatic carbocycles. The van der Waals surface area contributed by atoms with E-state index in [1.54, 1.807) is 24.3 Å². The summed E-state index contributed by atoms with van der Waals surface area (Å²) in [4.78, 5) is 38.5. The first kappa shape index (κ1) is 23.8. The number of hydrogen-bond donors (Lipinski definition) is 1. The number of nitrogens with one attached hydrogen (secondary N) is 1. The van der Waals surface area contributed by atoms with Crippen LogP contribution in [-0.2, 0) is 19.0 Å². The molecule has 2 heterocycles. The molecule has 3 rings (SSSR count). The number of hydrogen-bond acceptors (Lipinski definition) is 7. The molecule has 3 unspecified atom stereocenters. The van der Waals surface area contributed by atoms with E-state index in [0.29, 0.717) is 0 Å². The summed E-state index contributed by atoms with van der Waals surface area (Å²) in [6.07, 6.45) is -1.93. The lowest BCUT2D eigenvalue weighted by Crippen LogP contribution is -2.60. The SMILES string of the molecule is CC(=O)OCC1OC(OC(=N)C(Cl)(Cl)Cl)[C@@H](N2C(=O)c3ccccc3C2=O)C(C)[C@@H]1C. The van der Waals surface area contributed by atoms with Crippen molar-refractivity contribution in [1.82, 2.24) is 4.90 Å². The van der Waals surface area contributed by atoms with Crippen LogP contribution in [0, 0.1) is 17.2 Å². The van der Waals surface area contributed by atoms with E-state index in [4.69, 9.17) is 54.4 Å². The Bertz CT molecular complexity index is 883. The Morgan fingerprint density at radius 1 is 1.13 bits per heavy atom. The molecule has 2 aliphatic heterocycles. The van der Waals surface area contributed by atoms with E-state index in [2.05, 4.69) is 0 Å². The third-order valence-corrected chi connectivity index (χ3v) is 6.12. The molecule has 1 fully saturated rings. The van der Waals surface area contributed by atoms with Gasteiger partial charge in [-0.25, -0.2) is 0 Å². The molecule has 1 N–H and O–H groups in total. The van der Waals surface area contributed by atoms with Crippen molar-refractivity contribution in [1.29, 1.82) is 5.41 Å². The van der Waals surface area contributed by atoms with Crippen LogP contribution in [-0.4, -0.2) is 57.4 Å². The summed E-state index contributed by atoms with van der Waals surface area (Å²) >= 11 is 17.3. The van der Waals surface area contributed by atoms with Crippen LogP contribution in [0.1, 0.15) is 41.5 Å². The third kappa shape index (κ3) is 4.67. The highest BCUT2D eigenvalue weighted by atomic mass is 35.6. The summed E-state index contributed by atoms with van der Waals surface area (Å²) in [5.41, 5.74) is 0.536. The highest BCUT2D eigenvalue weighted by Crippen LogP contribution is 2.39.